The molecule has 0 aliphatic heterocycles. The highest BCUT2D eigenvalue weighted by Gasteiger charge is 2.12. The Balaban J connectivity index is 1.93. The second-order valence-corrected chi connectivity index (χ2v) is 4.83. The molecule has 3 aromatic rings. The molecule has 1 aromatic carbocycles. The highest BCUT2D eigenvalue weighted by atomic mass is 16.5. The summed E-state index contributed by atoms with van der Waals surface area (Å²) in [4.78, 5) is 4.66. The molecule has 0 aliphatic carbocycles. The molecule has 0 bridgehead atoms. The molecule has 6 heteroatoms. The van der Waals surface area contributed by atoms with Gasteiger partial charge >= 0.3 is 0 Å². The van der Waals surface area contributed by atoms with E-state index in [1.165, 1.54) is 0 Å². The van der Waals surface area contributed by atoms with Gasteiger partial charge in [0.05, 0.1) is 11.0 Å². The number of aromatic nitrogens is 4. The summed E-state index contributed by atoms with van der Waals surface area (Å²) >= 11 is 0. The van der Waals surface area contributed by atoms with Gasteiger partial charge in [-0.15, -0.1) is 10.2 Å². The highest BCUT2D eigenvalue weighted by Crippen LogP contribution is 2.21. The zero-order valence-electron chi connectivity index (χ0n) is 12.3. The predicted octanol–water partition coefficient (Wildman–Crippen LogP) is 2.42. The molecule has 0 saturated heterocycles. The van der Waals surface area contributed by atoms with Crippen molar-refractivity contribution in [3.05, 3.63) is 30.1 Å². The maximum absolute atomic E-state index is 5.34. The van der Waals surface area contributed by atoms with Crippen LogP contribution in [-0.2, 0) is 4.74 Å². The standard InChI is InChI=1S/C15H19N5O/c1-3-21-10-6-9-16-14-15-19-18-11(2)20(15)13-8-5-4-7-12(13)17-14/h4-5,7-8H,3,6,9-10H2,1-2H3,(H,16,17). The number of hydrogen-bond donors (Lipinski definition) is 1. The van der Waals surface area contributed by atoms with E-state index in [2.05, 4.69) is 20.5 Å². The summed E-state index contributed by atoms with van der Waals surface area (Å²) in [6, 6.07) is 8.02. The Bertz CT molecular complexity index is 752. The predicted molar refractivity (Wildman–Crippen MR) is 82.6 cm³/mol. The lowest BCUT2D eigenvalue weighted by atomic mass is 10.3. The van der Waals surface area contributed by atoms with Crippen molar-refractivity contribution in [2.45, 2.75) is 20.3 Å². The van der Waals surface area contributed by atoms with Gasteiger partial charge in [-0.2, -0.15) is 0 Å². The Morgan fingerprint density at radius 1 is 1.24 bits per heavy atom. The zero-order chi connectivity index (χ0) is 14.7. The summed E-state index contributed by atoms with van der Waals surface area (Å²) < 4.78 is 7.37. The molecule has 0 amide bonds. The van der Waals surface area contributed by atoms with E-state index in [4.69, 9.17) is 4.74 Å². The van der Waals surface area contributed by atoms with Gasteiger partial charge < -0.3 is 10.1 Å². The van der Waals surface area contributed by atoms with Crippen LogP contribution in [0.3, 0.4) is 0 Å². The number of rotatable bonds is 6. The quantitative estimate of drug-likeness (QED) is 0.705. The fraction of sp³-hybridized carbons (Fsp3) is 0.400. The van der Waals surface area contributed by atoms with Gasteiger partial charge in [0.2, 0.25) is 5.65 Å². The molecule has 21 heavy (non-hydrogen) atoms. The molecule has 0 atom stereocenters. The Labute approximate surface area is 123 Å². The van der Waals surface area contributed by atoms with E-state index in [1.54, 1.807) is 0 Å². The van der Waals surface area contributed by atoms with Crippen LogP contribution in [-0.4, -0.2) is 39.3 Å². The number of fused-ring (bicyclic) bond motifs is 3. The average molecular weight is 285 g/mol. The molecule has 6 nitrogen and oxygen atoms in total. The number of nitrogens with one attached hydrogen (secondary N) is 1. The maximum Gasteiger partial charge on any atom is 0.204 e. The SMILES string of the molecule is CCOCCCNc1nc2ccccc2n2c(C)nnc12. The number of nitrogens with zero attached hydrogens (tertiary/aromatic N) is 4. The first-order chi connectivity index (χ1) is 10.3. The molecule has 0 fully saturated rings. The minimum Gasteiger partial charge on any atom is -0.382 e. The van der Waals surface area contributed by atoms with Crippen molar-refractivity contribution < 1.29 is 4.74 Å². The van der Waals surface area contributed by atoms with Crippen molar-refractivity contribution in [1.29, 1.82) is 0 Å². The second kappa shape index (κ2) is 6.05. The van der Waals surface area contributed by atoms with Gasteiger partial charge in [-0.25, -0.2) is 4.98 Å². The lowest BCUT2D eigenvalue weighted by molar-refractivity contribution is 0.147. The fourth-order valence-electron chi connectivity index (χ4n) is 2.37. The third-order valence-electron chi connectivity index (χ3n) is 3.35. The summed E-state index contributed by atoms with van der Waals surface area (Å²) in [5.74, 6) is 1.63. The van der Waals surface area contributed by atoms with Gasteiger partial charge in [-0.05, 0) is 32.4 Å². The van der Waals surface area contributed by atoms with Crippen LogP contribution in [0.25, 0.3) is 16.7 Å². The van der Waals surface area contributed by atoms with Gasteiger partial charge in [0.15, 0.2) is 5.82 Å². The lowest BCUT2D eigenvalue weighted by Crippen LogP contribution is -2.09. The molecular weight excluding hydrogens is 266 g/mol. The number of hydrogen-bond acceptors (Lipinski definition) is 5. The van der Waals surface area contributed by atoms with Crippen LogP contribution in [0.5, 0.6) is 0 Å². The third-order valence-corrected chi connectivity index (χ3v) is 3.35. The van der Waals surface area contributed by atoms with Gasteiger partial charge in [-0.3, -0.25) is 4.40 Å². The number of benzene rings is 1. The van der Waals surface area contributed by atoms with Crippen LogP contribution in [0.4, 0.5) is 5.82 Å². The minimum atomic E-state index is 0.749. The molecule has 0 unspecified atom stereocenters. The monoisotopic (exact) mass is 285 g/mol. The molecular formula is C15H19N5O. The number of ether oxygens (including phenoxy) is 1. The lowest BCUT2D eigenvalue weighted by Gasteiger charge is -2.09. The first kappa shape index (κ1) is 13.8. The van der Waals surface area contributed by atoms with Crippen LogP contribution in [0.1, 0.15) is 19.2 Å². The summed E-state index contributed by atoms with van der Waals surface area (Å²) in [6.45, 7) is 6.25. The molecule has 0 aliphatic rings. The normalized spacial score (nSPS) is 11.3. The largest absolute Gasteiger partial charge is 0.382 e. The summed E-state index contributed by atoms with van der Waals surface area (Å²) in [6.07, 6.45) is 0.932. The van der Waals surface area contributed by atoms with E-state index in [-0.39, 0.29) is 0 Å². The first-order valence-corrected chi connectivity index (χ1v) is 7.23. The summed E-state index contributed by atoms with van der Waals surface area (Å²) in [7, 11) is 0. The Kier molecular flexibility index (Phi) is 3.96. The molecule has 2 heterocycles. The maximum atomic E-state index is 5.34. The van der Waals surface area contributed by atoms with Crippen molar-refractivity contribution in [3.8, 4) is 0 Å². The minimum absolute atomic E-state index is 0.749. The smallest absolute Gasteiger partial charge is 0.204 e. The Morgan fingerprint density at radius 2 is 2.10 bits per heavy atom. The van der Waals surface area contributed by atoms with Gasteiger partial charge in [-0.1, -0.05) is 12.1 Å². The molecule has 1 N–H and O–H groups in total. The van der Waals surface area contributed by atoms with E-state index in [0.717, 1.165) is 54.5 Å². The summed E-state index contributed by atoms with van der Waals surface area (Å²) in [5.41, 5.74) is 2.72. The van der Waals surface area contributed by atoms with E-state index in [0.29, 0.717) is 0 Å². The van der Waals surface area contributed by atoms with E-state index < -0.39 is 0 Å². The van der Waals surface area contributed by atoms with Crippen molar-refractivity contribution in [2.75, 3.05) is 25.1 Å². The number of aryl methyl sites for hydroxylation is 1. The third kappa shape index (κ3) is 2.67. The molecule has 0 saturated carbocycles. The van der Waals surface area contributed by atoms with Crippen LogP contribution < -0.4 is 5.32 Å². The van der Waals surface area contributed by atoms with Gasteiger partial charge in [0, 0.05) is 19.8 Å². The molecule has 2 aromatic heterocycles. The van der Waals surface area contributed by atoms with E-state index in [9.17, 15) is 0 Å². The van der Waals surface area contributed by atoms with Gasteiger partial charge in [0.25, 0.3) is 0 Å². The fourth-order valence-corrected chi connectivity index (χ4v) is 2.37. The number of anilines is 1. The van der Waals surface area contributed by atoms with Crippen molar-refractivity contribution in [3.63, 3.8) is 0 Å². The zero-order valence-corrected chi connectivity index (χ0v) is 12.3. The van der Waals surface area contributed by atoms with Gasteiger partial charge in [0.1, 0.15) is 5.82 Å². The number of para-hydroxylation sites is 2. The molecule has 110 valence electrons. The van der Waals surface area contributed by atoms with Crippen LogP contribution in [0.15, 0.2) is 24.3 Å². The highest BCUT2D eigenvalue weighted by molar-refractivity contribution is 5.82. The Hall–Kier alpha value is -2.21. The molecule has 3 rings (SSSR count). The first-order valence-electron chi connectivity index (χ1n) is 7.23. The summed E-state index contributed by atoms with van der Waals surface area (Å²) in [5, 5.41) is 11.8. The van der Waals surface area contributed by atoms with E-state index in [1.807, 2.05) is 42.5 Å². The van der Waals surface area contributed by atoms with Crippen LogP contribution in [0, 0.1) is 6.92 Å². The van der Waals surface area contributed by atoms with Crippen molar-refractivity contribution in [1.82, 2.24) is 19.6 Å². The van der Waals surface area contributed by atoms with Crippen molar-refractivity contribution in [2.24, 2.45) is 0 Å². The molecule has 0 radical (unpaired) electrons. The molecule has 0 spiro atoms. The topological polar surface area (TPSA) is 64.3 Å². The Morgan fingerprint density at radius 3 is 2.95 bits per heavy atom. The average Bonchev–Trinajstić information content (AvgIpc) is 2.90. The van der Waals surface area contributed by atoms with E-state index >= 15 is 0 Å². The second-order valence-electron chi connectivity index (χ2n) is 4.83. The van der Waals surface area contributed by atoms with Crippen LogP contribution >= 0.6 is 0 Å². The van der Waals surface area contributed by atoms with Crippen LogP contribution in [0.2, 0.25) is 0 Å². The van der Waals surface area contributed by atoms with Crippen molar-refractivity contribution >= 4 is 22.5 Å².